The van der Waals surface area contributed by atoms with E-state index in [1.807, 2.05) is 67.6 Å². The van der Waals surface area contributed by atoms with E-state index in [4.69, 9.17) is 27.9 Å². The van der Waals surface area contributed by atoms with Crippen LogP contribution in [0, 0.1) is 6.92 Å². The summed E-state index contributed by atoms with van der Waals surface area (Å²) < 4.78 is 5.92. The van der Waals surface area contributed by atoms with Crippen LogP contribution in [0.3, 0.4) is 0 Å². The highest BCUT2D eigenvalue weighted by Crippen LogP contribution is 2.33. The van der Waals surface area contributed by atoms with Gasteiger partial charge in [0, 0.05) is 28.2 Å². The van der Waals surface area contributed by atoms with Crippen LogP contribution in [0.2, 0.25) is 10.0 Å². The summed E-state index contributed by atoms with van der Waals surface area (Å²) >= 11 is 12.2. The number of aryl methyl sites for hydroxylation is 1. The van der Waals surface area contributed by atoms with Crippen molar-refractivity contribution in [3.05, 3.63) is 93.7 Å². The number of carbonyl (C=O) groups excluding carboxylic acids is 1. The van der Waals surface area contributed by atoms with E-state index in [1.54, 1.807) is 20.0 Å². The minimum absolute atomic E-state index is 0.0363. The number of rotatable bonds is 8. The van der Waals surface area contributed by atoms with Crippen molar-refractivity contribution in [2.45, 2.75) is 45.1 Å². The van der Waals surface area contributed by atoms with Gasteiger partial charge in [-0.15, -0.1) is 0 Å². The lowest BCUT2D eigenvalue weighted by Gasteiger charge is -2.29. The maximum Gasteiger partial charge on any atom is 0.263 e. The molecule has 3 rings (SSSR count). The van der Waals surface area contributed by atoms with Gasteiger partial charge in [-0.3, -0.25) is 9.78 Å². The molecule has 2 aromatic carbocycles. The van der Waals surface area contributed by atoms with Crippen molar-refractivity contribution >= 4 is 29.1 Å². The van der Waals surface area contributed by atoms with E-state index in [9.17, 15) is 4.79 Å². The highest BCUT2D eigenvalue weighted by atomic mass is 35.5. The number of pyridine rings is 1. The average Bonchev–Trinajstić information content (AvgIpc) is 2.76. The van der Waals surface area contributed by atoms with Crippen molar-refractivity contribution in [1.29, 1.82) is 0 Å². The van der Waals surface area contributed by atoms with Gasteiger partial charge in [0.05, 0.1) is 6.20 Å². The van der Waals surface area contributed by atoms with Gasteiger partial charge in [-0.2, -0.15) is 0 Å². The Morgan fingerprint density at radius 1 is 0.969 bits per heavy atom. The molecule has 1 N–H and O–H groups in total. The van der Waals surface area contributed by atoms with E-state index in [-0.39, 0.29) is 17.7 Å². The summed E-state index contributed by atoms with van der Waals surface area (Å²) in [6.07, 6.45) is 1.63. The number of nitrogens with zero attached hydrogens (tertiary/aromatic N) is 1. The average molecular weight is 471 g/mol. The van der Waals surface area contributed by atoms with Crippen molar-refractivity contribution in [3.8, 4) is 5.75 Å². The molecule has 3 aromatic rings. The highest BCUT2D eigenvalue weighted by Gasteiger charge is 2.31. The van der Waals surface area contributed by atoms with Gasteiger partial charge in [0.2, 0.25) is 0 Å². The molecule has 0 spiro atoms. The number of amides is 1. The predicted molar refractivity (Wildman–Crippen MR) is 131 cm³/mol. The predicted octanol–water partition coefficient (Wildman–Crippen LogP) is 6.56. The Morgan fingerprint density at radius 3 is 2.06 bits per heavy atom. The third-order valence-electron chi connectivity index (χ3n) is 5.58. The van der Waals surface area contributed by atoms with Gasteiger partial charge in [0.1, 0.15) is 5.75 Å². The minimum atomic E-state index is -1.05. The van der Waals surface area contributed by atoms with Gasteiger partial charge in [0.25, 0.3) is 5.91 Å². The maximum absolute atomic E-state index is 13.0. The van der Waals surface area contributed by atoms with E-state index in [1.165, 1.54) is 0 Å². The highest BCUT2D eigenvalue weighted by molar-refractivity contribution is 6.30. The smallest absolute Gasteiger partial charge is 0.263 e. The van der Waals surface area contributed by atoms with Crippen LogP contribution in [0.4, 0.5) is 0 Å². The lowest BCUT2D eigenvalue weighted by Crippen LogP contribution is -2.47. The van der Waals surface area contributed by atoms with E-state index >= 15 is 0 Å². The summed E-state index contributed by atoms with van der Waals surface area (Å²) in [6, 6.07) is 19.2. The third-order valence-corrected chi connectivity index (χ3v) is 6.09. The maximum atomic E-state index is 13.0. The SMILES string of the molecule is Cc1ccc(OC(C)(C)C(=O)NCC(c2ccc(Cl)cc2)C(C)c2ccc(Cl)cc2)cn1. The van der Waals surface area contributed by atoms with E-state index in [0.29, 0.717) is 22.3 Å². The van der Waals surface area contributed by atoms with Crippen molar-refractivity contribution in [2.75, 3.05) is 6.54 Å². The summed E-state index contributed by atoms with van der Waals surface area (Å²) in [5.41, 5.74) is 2.08. The summed E-state index contributed by atoms with van der Waals surface area (Å²) in [7, 11) is 0. The van der Waals surface area contributed by atoms with E-state index in [2.05, 4.69) is 17.2 Å². The lowest BCUT2D eigenvalue weighted by atomic mass is 9.82. The zero-order valence-electron chi connectivity index (χ0n) is 18.7. The molecule has 0 bridgehead atoms. The normalized spacial score (nSPS) is 13.3. The third kappa shape index (κ3) is 6.24. The molecule has 0 fully saturated rings. The Hall–Kier alpha value is -2.56. The molecule has 0 saturated carbocycles. The van der Waals surface area contributed by atoms with Gasteiger partial charge >= 0.3 is 0 Å². The monoisotopic (exact) mass is 470 g/mol. The second kappa shape index (κ2) is 10.4. The second-order valence-corrected chi connectivity index (χ2v) is 9.33. The molecule has 0 aliphatic carbocycles. The van der Waals surface area contributed by atoms with Gasteiger partial charge < -0.3 is 10.1 Å². The number of aromatic nitrogens is 1. The molecular formula is C26H28Cl2N2O2. The van der Waals surface area contributed by atoms with Crippen molar-refractivity contribution < 1.29 is 9.53 Å². The number of hydrogen-bond acceptors (Lipinski definition) is 3. The molecule has 2 atom stereocenters. The summed E-state index contributed by atoms with van der Waals surface area (Å²) in [6.45, 7) is 8.00. The first-order valence-corrected chi connectivity index (χ1v) is 11.3. The fourth-order valence-electron chi connectivity index (χ4n) is 3.56. The number of halogens is 2. The number of carbonyl (C=O) groups is 1. The summed E-state index contributed by atoms with van der Waals surface area (Å²) in [4.78, 5) is 17.3. The molecule has 1 aromatic heterocycles. The molecule has 1 heterocycles. The minimum Gasteiger partial charge on any atom is -0.476 e. The molecule has 32 heavy (non-hydrogen) atoms. The van der Waals surface area contributed by atoms with Crippen LogP contribution in [-0.2, 0) is 4.79 Å². The van der Waals surface area contributed by atoms with E-state index in [0.717, 1.165) is 16.8 Å². The topological polar surface area (TPSA) is 51.2 Å². The number of nitrogens with one attached hydrogen (secondary N) is 1. The van der Waals surface area contributed by atoms with Gasteiger partial charge in [-0.25, -0.2) is 0 Å². The lowest BCUT2D eigenvalue weighted by molar-refractivity contribution is -0.134. The molecule has 0 aliphatic heterocycles. The molecule has 1 amide bonds. The fourth-order valence-corrected chi connectivity index (χ4v) is 3.82. The second-order valence-electron chi connectivity index (χ2n) is 8.46. The first kappa shape index (κ1) is 24.1. The van der Waals surface area contributed by atoms with Crippen LogP contribution in [0.1, 0.15) is 49.4 Å². The van der Waals surface area contributed by atoms with Crippen LogP contribution in [0.5, 0.6) is 5.75 Å². The molecule has 6 heteroatoms. The number of benzene rings is 2. The Bertz CT molecular complexity index is 1030. The van der Waals surface area contributed by atoms with Crippen LogP contribution < -0.4 is 10.1 Å². The Morgan fingerprint density at radius 2 is 1.53 bits per heavy atom. The molecule has 0 saturated heterocycles. The Balaban J connectivity index is 1.76. The van der Waals surface area contributed by atoms with E-state index < -0.39 is 5.60 Å². The molecule has 2 unspecified atom stereocenters. The quantitative estimate of drug-likeness (QED) is 0.405. The standard InChI is InChI=1S/C26H28Cl2N2O2/c1-17-5-14-23(15-29-17)32-26(3,4)25(31)30-16-24(20-8-12-22(28)13-9-20)18(2)19-6-10-21(27)11-7-19/h5-15,18,24H,16H2,1-4H3,(H,30,31). The zero-order valence-corrected chi connectivity index (χ0v) is 20.2. The van der Waals surface area contributed by atoms with Gasteiger partial charge in [-0.1, -0.05) is 54.4 Å². The summed E-state index contributed by atoms with van der Waals surface area (Å²) in [5.74, 6) is 0.535. The van der Waals surface area contributed by atoms with Crippen molar-refractivity contribution in [1.82, 2.24) is 10.3 Å². The fraction of sp³-hybridized carbons (Fsp3) is 0.308. The Kier molecular flexibility index (Phi) is 7.81. The van der Waals surface area contributed by atoms with Crippen molar-refractivity contribution in [3.63, 3.8) is 0 Å². The Labute approximate surface area is 199 Å². The van der Waals surface area contributed by atoms with Crippen LogP contribution in [0.15, 0.2) is 66.9 Å². The molecule has 0 aliphatic rings. The number of ether oxygens (including phenoxy) is 1. The van der Waals surface area contributed by atoms with Gasteiger partial charge in [0.15, 0.2) is 5.60 Å². The summed E-state index contributed by atoms with van der Waals surface area (Å²) in [5, 5.41) is 4.46. The van der Waals surface area contributed by atoms with Gasteiger partial charge in [-0.05, 0) is 74.2 Å². The molecular weight excluding hydrogens is 443 g/mol. The van der Waals surface area contributed by atoms with Crippen molar-refractivity contribution in [2.24, 2.45) is 0 Å². The largest absolute Gasteiger partial charge is 0.476 e. The first-order chi connectivity index (χ1) is 15.2. The number of hydrogen-bond donors (Lipinski definition) is 1. The zero-order chi connectivity index (χ0) is 23.3. The molecule has 168 valence electrons. The van der Waals surface area contributed by atoms with Crippen LogP contribution in [0.25, 0.3) is 0 Å². The molecule has 4 nitrogen and oxygen atoms in total. The first-order valence-electron chi connectivity index (χ1n) is 10.6. The molecule has 0 radical (unpaired) electrons. The van der Waals surface area contributed by atoms with Crippen LogP contribution >= 0.6 is 23.2 Å². The van der Waals surface area contributed by atoms with Crippen LogP contribution in [-0.4, -0.2) is 23.0 Å².